The van der Waals surface area contributed by atoms with Gasteiger partial charge in [-0.1, -0.05) is 42.5 Å². The number of imidazole rings is 1. The number of aromatic nitrogens is 2. The maximum absolute atomic E-state index is 11.2. The van der Waals surface area contributed by atoms with Crippen LogP contribution in [0.25, 0.3) is 22.4 Å². The molecule has 0 fully saturated rings. The van der Waals surface area contributed by atoms with Crippen LogP contribution in [0.5, 0.6) is 0 Å². The minimum absolute atomic E-state index is 0.0186. The molecule has 96 valence electrons. The second kappa shape index (κ2) is 4.95. The molecule has 0 aliphatic rings. The molecule has 3 rings (SSSR count). The molecule has 1 aromatic heterocycles. The van der Waals surface area contributed by atoms with Crippen LogP contribution in [0.2, 0.25) is 0 Å². The van der Waals surface area contributed by atoms with Crippen LogP contribution in [-0.2, 0) is 17.0 Å². The molecule has 0 aliphatic heterocycles. The molecule has 0 radical (unpaired) electrons. The van der Waals surface area contributed by atoms with E-state index in [1.807, 2.05) is 54.6 Å². The predicted molar refractivity (Wildman–Crippen MR) is 75.9 cm³/mol. The van der Waals surface area contributed by atoms with E-state index < -0.39 is 11.1 Å². The number of hydrogen-bond acceptors (Lipinski definition) is 2. The lowest BCUT2D eigenvalue weighted by atomic mass is 10.2. The Kier molecular flexibility index (Phi) is 3.15. The molecule has 5 heteroatoms. The van der Waals surface area contributed by atoms with Crippen molar-refractivity contribution >= 4 is 22.1 Å². The van der Waals surface area contributed by atoms with E-state index in [2.05, 4.69) is 4.98 Å². The Hall–Kier alpha value is -1.98. The van der Waals surface area contributed by atoms with Crippen LogP contribution >= 0.6 is 0 Å². The van der Waals surface area contributed by atoms with E-state index in [0.29, 0.717) is 5.82 Å². The van der Waals surface area contributed by atoms with E-state index in [0.717, 1.165) is 16.6 Å². The van der Waals surface area contributed by atoms with Gasteiger partial charge in [0, 0.05) is 5.56 Å². The van der Waals surface area contributed by atoms with Crippen molar-refractivity contribution in [3.63, 3.8) is 0 Å². The molecular weight excluding hydrogens is 260 g/mol. The van der Waals surface area contributed by atoms with E-state index >= 15 is 0 Å². The number of para-hydroxylation sites is 2. The quantitative estimate of drug-likeness (QED) is 0.746. The predicted octanol–water partition coefficient (Wildman–Crippen LogP) is 2.88. The minimum atomic E-state index is -1.91. The minimum Gasteiger partial charge on any atom is -0.309 e. The van der Waals surface area contributed by atoms with Crippen LogP contribution in [0.3, 0.4) is 0 Å². The highest BCUT2D eigenvalue weighted by Crippen LogP contribution is 2.24. The third kappa shape index (κ3) is 2.30. The van der Waals surface area contributed by atoms with E-state index in [9.17, 15) is 8.76 Å². The number of hydrogen-bond donors (Lipinski definition) is 1. The number of benzene rings is 2. The first-order chi connectivity index (χ1) is 9.25. The van der Waals surface area contributed by atoms with Gasteiger partial charge >= 0.3 is 0 Å². The molecular formula is C14H12N2O2S. The molecule has 1 N–H and O–H groups in total. The van der Waals surface area contributed by atoms with Gasteiger partial charge in [-0.2, -0.15) is 0 Å². The molecule has 1 heterocycles. The van der Waals surface area contributed by atoms with Crippen LogP contribution in [-0.4, -0.2) is 18.3 Å². The number of nitrogens with zero attached hydrogens (tertiary/aromatic N) is 2. The van der Waals surface area contributed by atoms with Crippen LogP contribution in [0, 0.1) is 0 Å². The average molecular weight is 272 g/mol. The van der Waals surface area contributed by atoms with Gasteiger partial charge < -0.3 is 9.12 Å². The molecule has 0 aliphatic carbocycles. The Morgan fingerprint density at radius 2 is 1.74 bits per heavy atom. The maximum Gasteiger partial charge on any atom is 0.173 e. The van der Waals surface area contributed by atoms with Crippen LogP contribution in [0.15, 0.2) is 54.6 Å². The highest BCUT2D eigenvalue weighted by Gasteiger charge is 2.13. The summed E-state index contributed by atoms with van der Waals surface area (Å²) in [5.41, 5.74) is 2.62. The average Bonchev–Trinajstić information content (AvgIpc) is 2.78. The Morgan fingerprint density at radius 1 is 1.05 bits per heavy atom. The molecule has 3 aromatic rings. The zero-order valence-corrected chi connectivity index (χ0v) is 10.9. The zero-order chi connectivity index (χ0) is 13.2. The molecule has 0 bridgehead atoms. The molecule has 1 atom stereocenters. The highest BCUT2D eigenvalue weighted by molar-refractivity contribution is 7.78. The van der Waals surface area contributed by atoms with E-state index in [-0.39, 0.29) is 5.88 Å². The van der Waals surface area contributed by atoms with Gasteiger partial charge in [-0.3, -0.25) is 0 Å². The number of rotatable bonds is 3. The zero-order valence-electron chi connectivity index (χ0n) is 10.1. The Balaban J connectivity index is 2.26. The summed E-state index contributed by atoms with van der Waals surface area (Å²) >= 11 is -1.91. The smallest absolute Gasteiger partial charge is 0.173 e. The van der Waals surface area contributed by atoms with Crippen LogP contribution in [0.1, 0.15) is 0 Å². The molecule has 0 saturated carbocycles. The van der Waals surface area contributed by atoms with E-state index in [4.69, 9.17) is 0 Å². The fourth-order valence-electron chi connectivity index (χ4n) is 2.12. The summed E-state index contributed by atoms with van der Waals surface area (Å²) in [5.74, 6) is 0.731. The molecule has 0 spiro atoms. The first-order valence-corrected chi connectivity index (χ1v) is 7.11. The van der Waals surface area contributed by atoms with Gasteiger partial charge in [-0.15, -0.1) is 0 Å². The summed E-state index contributed by atoms with van der Waals surface area (Å²) in [7, 11) is 0. The lowest BCUT2D eigenvalue weighted by Gasteiger charge is -2.06. The monoisotopic (exact) mass is 272 g/mol. The fraction of sp³-hybridized carbons (Fsp3) is 0.0714. The normalized spacial score (nSPS) is 12.7. The van der Waals surface area contributed by atoms with Crippen molar-refractivity contribution in [3.05, 3.63) is 54.6 Å². The summed E-state index contributed by atoms with van der Waals surface area (Å²) < 4.78 is 22.1. The van der Waals surface area contributed by atoms with Gasteiger partial charge in [-0.05, 0) is 12.1 Å². The molecule has 0 saturated heterocycles. The maximum atomic E-state index is 11.2. The molecule has 19 heavy (non-hydrogen) atoms. The van der Waals surface area contributed by atoms with Crippen molar-refractivity contribution in [3.8, 4) is 11.4 Å². The van der Waals surface area contributed by atoms with Crippen molar-refractivity contribution in [2.24, 2.45) is 0 Å². The summed E-state index contributed by atoms with van der Waals surface area (Å²) in [6, 6.07) is 17.3. The van der Waals surface area contributed by atoms with Crippen molar-refractivity contribution in [2.75, 3.05) is 0 Å². The fourth-order valence-corrected chi connectivity index (χ4v) is 2.61. The summed E-state index contributed by atoms with van der Waals surface area (Å²) in [5, 5.41) is 0. The van der Waals surface area contributed by atoms with Gasteiger partial charge in [0.2, 0.25) is 0 Å². The first-order valence-electron chi connectivity index (χ1n) is 5.84. The SMILES string of the molecule is O=S(O)Cn1c(-c2ccccc2)nc2ccccc21. The summed E-state index contributed by atoms with van der Waals surface area (Å²) in [6.45, 7) is 0. The summed E-state index contributed by atoms with van der Waals surface area (Å²) in [6.07, 6.45) is 0. The van der Waals surface area contributed by atoms with Crippen molar-refractivity contribution in [1.29, 1.82) is 0 Å². The van der Waals surface area contributed by atoms with Crippen LogP contribution < -0.4 is 0 Å². The lowest BCUT2D eigenvalue weighted by Crippen LogP contribution is -2.05. The van der Waals surface area contributed by atoms with E-state index in [1.165, 1.54) is 0 Å². The molecule has 4 nitrogen and oxygen atoms in total. The third-order valence-corrected chi connectivity index (χ3v) is 3.41. The van der Waals surface area contributed by atoms with Gasteiger partial charge in [-0.25, -0.2) is 9.19 Å². The largest absolute Gasteiger partial charge is 0.309 e. The highest BCUT2D eigenvalue weighted by atomic mass is 32.2. The van der Waals surface area contributed by atoms with Crippen LogP contribution in [0.4, 0.5) is 0 Å². The Bertz CT molecular complexity index is 738. The topological polar surface area (TPSA) is 55.1 Å². The molecule has 1 unspecified atom stereocenters. The van der Waals surface area contributed by atoms with Gasteiger partial charge in [0.05, 0.1) is 11.0 Å². The van der Waals surface area contributed by atoms with E-state index in [1.54, 1.807) is 4.57 Å². The molecule has 0 amide bonds. The lowest BCUT2D eigenvalue weighted by molar-refractivity contribution is 0.554. The van der Waals surface area contributed by atoms with Crippen molar-refractivity contribution < 1.29 is 8.76 Å². The Morgan fingerprint density at radius 3 is 2.47 bits per heavy atom. The second-order valence-electron chi connectivity index (χ2n) is 4.17. The third-order valence-electron chi connectivity index (χ3n) is 2.93. The van der Waals surface area contributed by atoms with Crippen molar-refractivity contribution in [2.45, 2.75) is 5.88 Å². The van der Waals surface area contributed by atoms with Gasteiger partial charge in [0.25, 0.3) is 0 Å². The number of fused-ring (bicyclic) bond motifs is 1. The van der Waals surface area contributed by atoms with Crippen molar-refractivity contribution in [1.82, 2.24) is 9.55 Å². The standard InChI is InChI=1S/C14H12N2O2S/c17-19(18)10-16-13-9-5-4-8-12(13)15-14(16)11-6-2-1-3-7-11/h1-9H,10H2,(H,17,18). The van der Waals surface area contributed by atoms with Gasteiger partial charge in [0.1, 0.15) is 11.7 Å². The van der Waals surface area contributed by atoms with Gasteiger partial charge in [0.15, 0.2) is 11.1 Å². The molecule has 2 aromatic carbocycles. The Labute approximate surface area is 113 Å². The summed E-state index contributed by atoms with van der Waals surface area (Å²) in [4.78, 5) is 4.55. The first kappa shape index (κ1) is 12.1. The second-order valence-corrected chi connectivity index (χ2v) is 5.07.